The topological polar surface area (TPSA) is 56.2 Å². The lowest BCUT2D eigenvalue weighted by Crippen LogP contribution is -2.31. The van der Waals surface area contributed by atoms with Crippen LogP contribution in [0.2, 0.25) is 5.02 Å². The molecular formula is C15H16ClN3O2. The minimum Gasteiger partial charge on any atom is -0.480 e. The Morgan fingerprint density at radius 3 is 2.90 bits per heavy atom. The number of aryl methyl sites for hydroxylation is 2. The number of halogens is 1. The molecule has 1 atom stereocenters. The van der Waals surface area contributed by atoms with E-state index in [0.29, 0.717) is 11.4 Å². The van der Waals surface area contributed by atoms with Gasteiger partial charge in [0.1, 0.15) is 5.75 Å². The number of hydrogen-bond donors (Lipinski definition) is 1. The molecule has 6 heteroatoms. The van der Waals surface area contributed by atoms with Crippen molar-refractivity contribution in [2.45, 2.75) is 26.4 Å². The molecule has 0 fully saturated rings. The van der Waals surface area contributed by atoms with E-state index in [4.69, 9.17) is 16.3 Å². The van der Waals surface area contributed by atoms with Crippen LogP contribution in [0.25, 0.3) is 0 Å². The maximum absolute atomic E-state index is 12.4. The van der Waals surface area contributed by atoms with E-state index in [2.05, 4.69) is 10.4 Å². The fourth-order valence-electron chi connectivity index (χ4n) is 2.52. The van der Waals surface area contributed by atoms with Crippen LogP contribution in [0.3, 0.4) is 0 Å². The van der Waals surface area contributed by atoms with Crippen molar-refractivity contribution in [3.63, 3.8) is 0 Å². The molecule has 1 aliphatic rings. The smallest absolute Gasteiger partial charge is 0.265 e. The Hall–Kier alpha value is -2.01. The summed E-state index contributed by atoms with van der Waals surface area (Å²) < 4.78 is 7.43. The van der Waals surface area contributed by atoms with Gasteiger partial charge in [0, 0.05) is 18.5 Å². The van der Waals surface area contributed by atoms with Crippen molar-refractivity contribution in [1.29, 1.82) is 0 Å². The Kier molecular flexibility index (Phi) is 3.37. The van der Waals surface area contributed by atoms with Gasteiger partial charge in [0.05, 0.1) is 17.1 Å². The number of benzene rings is 1. The lowest BCUT2D eigenvalue weighted by atomic mass is 10.1. The summed E-state index contributed by atoms with van der Waals surface area (Å²) in [5.74, 6) is 0.556. The van der Waals surface area contributed by atoms with E-state index < -0.39 is 6.10 Å². The summed E-state index contributed by atoms with van der Waals surface area (Å²) >= 11 is 5.96. The van der Waals surface area contributed by atoms with Crippen molar-refractivity contribution in [1.82, 2.24) is 9.78 Å². The summed E-state index contributed by atoms with van der Waals surface area (Å²) in [6, 6.07) is 5.40. The first-order chi connectivity index (χ1) is 9.95. The van der Waals surface area contributed by atoms with Gasteiger partial charge in [-0.2, -0.15) is 5.10 Å². The molecule has 1 N–H and O–H groups in total. The van der Waals surface area contributed by atoms with Crippen LogP contribution in [-0.4, -0.2) is 21.8 Å². The van der Waals surface area contributed by atoms with E-state index in [9.17, 15) is 4.79 Å². The fourth-order valence-corrected chi connectivity index (χ4v) is 2.72. The van der Waals surface area contributed by atoms with Gasteiger partial charge in [0.15, 0.2) is 6.10 Å². The number of carbonyl (C=O) groups excluding carboxylic acids is 1. The second-order valence-electron chi connectivity index (χ2n) is 5.22. The Bertz CT molecular complexity index is 724. The van der Waals surface area contributed by atoms with Gasteiger partial charge in [-0.15, -0.1) is 0 Å². The van der Waals surface area contributed by atoms with Gasteiger partial charge in [-0.05, 0) is 37.6 Å². The molecule has 0 aliphatic carbocycles. The Morgan fingerprint density at radius 2 is 2.24 bits per heavy atom. The molecular weight excluding hydrogens is 290 g/mol. The average molecular weight is 306 g/mol. The predicted molar refractivity (Wildman–Crippen MR) is 80.9 cm³/mol. The van der Waals surface area contributed by atoms with Crippen LogP contribution in [0.5, 0.6) is 5.75 Å². The Balaban J connectivity index is 1.76. The number of aromatic nitrogens is 2. The molecule has 5 nitrogen and oxygen atoms in total. The molecule has 0 bridgehead atoms. The van der Waals surface area contributed by atoms with Gasteiger partial charge in [-0.1, -0.05) is 11.6 Å². The number of rotatable bonds is 2. The minimum atomic E-state index is -0.530. The van der Waals surface area contributed by atoms with Crippen LogP contribution in [0.1, 0.15) is 17.0 Å². The van der Waals surface area contributed by atoms with Crippen molar-refractivity contribution in [3.05, 3.63) is 40.2 Å². The highest BCUT2D eigenvalue weighted by Crippen LogP contribution is 2.31. The van der Waals surface area contributed by atoms with Gasteiger partial charge < -0.3 is 10.1 Å². The van der Waals surface area contributed by atoms with Gasteiger partial charge in [-0.25, -0.2) is 0 Å². The summed E-state index contributed by atoms with van der Waals surface area (Å²) in [5, 5.41) is 7.85. The fraction of sp³-hybridized carbons (Fsp3) is 0.333. The maximum atomic E-state index is 12.4. The predicted octanol–water partition coefficient (Wildman–Crippen LogP) is 2.63. The molecule has 2 heterocycles. The molecule has 0 saturated carbocycles. The number of nitrogens with zero attached hydrogens (tertiary/aromatic N) is 2. The third-order valence-electron chi connectivity index (χ3n) is 3.75. The first-order valence-corrected chi connectivity index (χ1v) is 7.09. The third-order valence-corrected chi connectivity index (χ3v) is 3.98. The number of amides is 1. The van der Waals surface area contributed by atoms with E-state index in [0.717, 1.165) is 28.4 Å². The van der Waals surface area contributed by atoms with E-state index in [1.54, 1.807) is 16.8 Å². The molecule has 1 aromatic carbocycles. The summed E-state index contributed by atoms with van der Waals surface area (Å²) in [7, 11) is 1.85. The number of fused-ring (bicyclic) bond motifs is 1. The lowest BCUT2D eigenvalue weighted by molar-refractivity contribution is -0.122. The Labute approximate surface area is 127 Å². The minimum absolute atomic E-state index is 0.165. The summed E-state index contributed by atoms with van der Waals surface area (Å²) in [6.07, 6.45) is -0.00226. The van der Waals surface area contributed by atoms with Crippen LogP contribution in [0.15, 0.2) is 18.2 Å². The number of anilines is 1. The highest BCUT2D eigenvalue weighted by Gasteiger charge is 2.30. The van der Waals surface area contributed by atoms with Crippen LogP contribution in [0, 0.1) is 13.8 Å². The molecule has 1 amide bonds. The molecule has 1 aliphatic heterocycles. The second kappa shape index (κ2) is 5.07. The molecule has 0 radical (unpaired) electrons. The molecule has 0 unspecified atom stereocenters. The molecule has 1 aromatic heterocycles. The Morgan fingerprint density at radius 1 is 1.48 bits per heavy atom. The summed E-state index contributed by atoms with van der Waals surface area (Å²) in [4.78, 5) is 12.4. The zero-order valence-corrected chi connectivity index (χ0v) is 12.9. The van der Waals surface area contributed by atoms with Gasteiger partial charge >= 0.3 is 0 Å². The first kappa shape index (κ1) is 13.9. The van der Waals surface area contributed by atoms with Gasteiger partial charge in [0.25, 0.3) is 5.91 Å². The van der Waals surface area contributed by atoms with Crippen molar-refractivity contribution in [2.75, 3.05) is 5.32 Å². The number of carbonyl (C=O) groups is 1. The molecule has 3 rings (SSSR count). The monoisotopic (exact) mass is 305 g/mol. The quantitative estimate of drug-likeness (QED) is 0.928. The molecule has 110 valence electrons. The first-order valence-electron chi connectivity index (χ1n) is 6.72. The number of ether oxygens (including phenoxy) is 1. The van der Waals surface area contributed by atoms with Crippen molar-refractivity contribution < 1.29 is 9.53 Å². The van der Waals surface area contributed by atoms with Crippen molar-refractivity contribution in [2.24, 2.45) is 7.05 Å². The van der Waals surface area contributed by atoms with E-state index in [1.165, 1.54) is 0 Å². The zero-order valence-electron chi connectivity index (χ0n) is 12.1. The standard InChI is InChI=1S/C15H16ClN3O2/c1-8-14(9(2)19(3)18-8)17-15(20)13-7-10-6-11(16)4-5-12(10)21-13/h4-6,13H,7H2,1-3H3,(H,17,20)/t13-/m0/s1. The molecule has 2 aromatic rings. The zero-order chi connectivity index (χ0) is 15.1. The summed E-state index contributed by atoms with van der Waals surface area (Å²) in [6.45, 7) is 3.78. The molecule has 0 spiro atoms. The summed E-state index contributed by atoms with van der Waals surface area (Å²) in [5.41, 5.74) is 3.42. The van der Waals surface area contributed by atoms with Crippen LogP contribution >= 0.6 is 11.6 Å². The largest absolute Gasteiger partial charge is 0.480 e. The number of hydrogen-bond acceptors (Lipinski definition) is 3. The van der Waals surface area contributed by atoms with Crippen LogP contribution in [-0.2, 0) is 18.3 Å². The number of nitrogens with one attached hydrogen (secondary N) is 1. The highest BCUT2D eigenvalue weighted by atomic mass is 35.5. The van der Waals surface area contributed by atoms with E-state index in [1.807, 2.05) is 27.0 Å². The van der Waals surface area contributed by atoms with Crippen LogP contribution < -0.4 is 10.1 Å². The molecule has 0 saturated heterocycles. The highest BCUT2D eigenvalue weighted by molar-refractivity contribution is 6.30. The second-order valence-corrected chi connectivity index (χ2v) is 5.66. The maximum Gasteiger partial charge on any atom is 0.265 e. The van der Waals surface area contributed by atoms with Gasteiger partial charge in [-0.3, -0.25) is 9.48 Å². The van der Waals surface area contributed by atoms with Gasteiger partial charge in [0.2, 0.25) is 0 Å². The van der Waals surface area contributed by atoms with Crippen LogP contribution in [0.4, 0.5) is 5.69 Å². The normalized spacial score (nSPS) is 16.5. The third kappa shape index (κ3) is 2.49. The lowest BCUT2D eigenvalue weighted by Gasteiger charge is -2.11. The SMILES string of the molecule is Cc1nn(C)c(C)c1NC(=O)[C@@H]1Cc2cc(Cl)ccc2O1. The van der Waals surface area contributed by atoms with Crippen molar-refractivity contribution >= 4 is 23.2 Å². The molecule has 21 heavy (non-hydrogen) atoms. The van der Waals surface area contributed by atoms with E-state index in [-0.39, 0.29) is 5.91 Å². The van der Waals surface area contributed by atoms with E-state index >= 15 is 0 Å². The average Bonchev–Trinajstić information content (AvgIpc) is 2.95. The van der Waals surface area contributed by atoms with Crippen molar-refractivity contribution in [3.8, 4) is 5.75 Å².